The SMILES string of the molecule is F[B-](F)(F)Cc1cccs1. The highest BCUT2D eigenvalue weighted by Gasteiger charge is 2.23. The van der Waals surface area contributed by atoms with E-state index in [4.69, 9.17) is 0 Å². The van der Waals surface area contributed by atoms with Crippen molar-refractivity contribution in [2.24, 2.45) is 0 Å². The predicted molar refractivity (Wildman–Crippen MR) is 37.1 cm³/mol. The number of rotatable bonds is 2. The minimum absolute atomic E-state index is 0.396. The summed E-state index contributed by atoms with van der Waals surface area (Å²) in [7, 11) is 0. The number of hydrogen-bond acceptors (Lipinski definition) is 1. The molecule has 0 saturated heterocycles. The van der Waals surface area contributed by atoms with Gasteiger partial charge in [0.1, 0.15) is 0 Å². The normalized spacial score (nSPS) is 11.9. The second kappa shape index (κ2) is 2.66. The first-order valence-corrected chi connectivity index (χ1v) is 3.69. The fourth-order valence-electron chi connectivity index (χ4n) is 0.657. The summed E-state index contributed by atoms with van der Waals surface area (Å²) in [5.74, 6) is 0. The highest BCUT2D eigenvalue weighted by Crippen LogP contribution is 2.19. The zero-order chi connectivity index (χ0) is 7.61. The predicted octanol–water partition coefficient (Wildman–Crippen LogP) is 2.68. The minimum atomic E-state index is -4.64. The lowest BCUT2D eigenvalue weighted by atomic mass is 9.85. The van der Waals surface area contributed by atoms with Crippen molar-refractivity contribution >= 4 is 18.3 Å². The molecular formula is C5H5BF3S-. The maximum absolute atomic E-state index is 11.7. The Bertz CT molecular complexity index is 191. The smallest absolute Gasteiger partial charge is 0.449 e. The first-order chi connectivity index (χ1) is 4.58. The Morgan fingerprint density at radius 2 is 2.10 bits per heavy atom. The van der Waals surface area contributed by atoms with Gasteiger partial charge in [-0.3, -0.25) is 0 Å². The Kier molecular flexibility index (Phi) is 2.04. The van der Waals surface area contributed by atoms with Gasteiger partial charge in [0.05, 0.1) is 0 Å². The van der Waals surface area contributed by atoms with E-state index in [1.54, 1.807) is 11.4 Å². The van der Waals surface area contributed by atoms with Crippen LogP contribution in [-0.2, 0) is 6.32 Å². The fourth-order valence-corrected chi connectivity index (χ4v) is 1.43. The van der Waals surface area contributed by atoms with Gasteiger partial charge in [0.25, 0.3) is 0 Å². The van der Waals surface area contributed by atoms with Gasteiger partial charge in [-0.15, -0.1) is 0 Å². The maximum atomic E-state index is 11.7. The van der Waals surface area contributed by atoms with Crippen molar-refractivity contribution in [3.05, 3.63) is 22.4 Å². The Hall–Kier alpha value is -0.445. The summed E-state index contributed by atoms with van der Waals surface area (Å²) in [5, 5.41) is 1.65. The molecule has 0 saturated carbocycles. The molecule has 0 aliphatic heterocycles. The molecule has 0 amide bonds. The Morgan fingerprint density at radius 1 is 1.40 bits per heavy atom. The molecule has 1 aromatic heterocycles. The van der Waals surface area contributed by atoms with E-state index < -0.39 is 13.3 Å². The highest BCUT2D eigenvalue weighted by atomic mass is 32.1. The minimum Gasteiger partial charge on any atom is -0.449 e. The van der Waals surface area contributed by atoms with Crippen LogP contribution in [0.1, 0.15) is 4.88 Å². The molecule has 1 aromatic rings. The maximum Gasteiger partial charge on any atom is 0.483 e. The van der Waals surface area contributed by atoms with E-state index in [2.05, 4.69) is 0 Å². The van der Waals surface area contributed by atoms with E-state index >= 15 is 0 Å². The van der Waals surface area contributed by atoms with Crippen LogP contribution in [0.25, 0.3) is 0 Å². The first kappa shape index (κ1) is 7.66. The lowest BCUT2D eigenvalue weighted by molar-refractivity contribution is 0.469. The second-order valence-electron chi connectivity index (χ2n) is 1.99. The second-order valence-corrected chi connectivity index (χ2v) is 3.03. The number of halogens is 3. The molecule has 1 heterocycles. The van der Waals surface area contributed by atoms with Gasteiger partial charge in [0.15, 0.2) is 0 Å². The monoisotopic (exact) mass is 165 g/mol. The third kappa shape index (κ3) is 2.43. The largest absolute Gasteiger partial charge is 0.483 e. The van der Waals surface area contributed by atoms with E-state index in [-0.39, 0.29) is 0 Å². The van der Waals surface area contributed by atoms with Crippen molar-refractivity contribution in [2.45, 2.75) is 6.32 Å². The van der Waals surface area contributed by atoms with Crippen LogP contribution in [0.4, 0.5) is 12.9 Å². The highest BCUT2D eigenvalue weighted by molar-refractivity contribution is 7.10. The zero-order valence-electron chi connectivity index (χ0n) is 5.06. The third-order valence-electron chi connectivity index (χ3n) is 1.01. The summed E-state index contributed by atoms with van der Waals surface area (Å²) in [4.78, 5) is 0.396. The molecule has 0 aliphatic carbocycles. The summed E-state index contributed by atoms with van der Waals surface area (Å²) >= 11 is 1.15. The van der Waals surface area contributed by atoms with E-state index in [0.717, 1.165) is 11.3 Å². The van der Waals surface area contributed by atoms with Crippen molar-refractivity contribution < 1.29 is 12.9 Å². The summed E-state index contributed by atoms with van der Waals surface area (Å²) in [6, 6.07) is 3.13. The lowest BCUT2D eigenvalue weighted by Crippen LogP contribution is -2.18. The topological polar surface area (TPSA) is 0 Å². The molecule has 0 N–H and O–H groups in total. The first-order valence-electron chi connectivity index (χ1n) is 2.81. The van der Waals surface area contributed by atoms with Crippen molar-refractivity contribution in [3.63, 3.8) is 0 Å². The molecule has 0 bridgehead atoms. The third-order valence-corrected chi connectivity index (χ3v) is 1.91. The van der Waals surface area contributed by atoms with Crippen molar-refractivity contribution in [3.8, 4) is 0 Å². The summed E-state index contributed by atoms with van der Waals surface area (Å²) in [6.07, 6.45) is -0.738. The Labute approximate surface area is 60.7 Å². The zero-order valence-corrected chi connectivity index (χ0v) is 5.88. The molecule has 1 rings (SSSR count). The Morgan fingerprint density at radius 3 is 2.50 bits per heavy atom. The molecule has 5 heteroatoms. The van der Waals surface area contributed by atoms with Crippen molar-refractivity contribution in [1.82, 2.24) is 0 Å². The van der Waals surface area contributed by atoms with Crippen LogP contribution in [-0.4, -0.2) is 6.98 Å². The molecule has 56 valence electrons. The van der Waals surface area contributed by atoms with Crippen LogP contribution in [0.15, 0.2) is 17.5 Å². The van der Waals surface area contributed by atoms with Crippen LogP contribution >= 0.6 is 11.3 Å². The summed E-state index contributed by atoms with van der Waals surface area (Å²) < 4.78 is 35.1. The molecule has 0 radical (unpaired) electrons. The Balaban J connectivity index is 2.57. The van der Waals surface area contributed by atoms with Gasteiger partial charge in [-0.25, -0.2) is 0 Å². The molecule has 10 heavy (non-hydrogen) atoms. The van der Waals surface area contributed by atoms with Crippen molar-refractivity contribution in [2.75, 3.05) is 0 Å². The molecule has 0 spiro atoms. The fraction of sp³-hybridized carbons (Fsp3) is 0.200. The van der Waals surface area contributed by atoms with Gasteiger partial charge in [-0.2, -0.15) is 11.3 Å². The molecule has 0 unspecified atom stereocenters. The quantitative estimate of drug-likeness (QED) is 0.591. The molecule has 0 nitrogen and oxygen atoms in total. The van der Waals surface area contributed by atoms with Crippen LogP contribution in [0.3, 0.4) is 0 Å². The van der Waals surface area contributed by atoms with E-state index in [0.29, 0.717) is 4.88 Å². The van der Waals surface area contributed by atoms with Gasteiger partial charge < -0.3 is 12.9 Å². The number of thiophene rings is 1. The molecule has 0 atom stereocenters. The van der Waals surface area contributed by atoms with Crippen LogP contribution in [0.2, 0.25) is 0 Å². The van der Waals surface area contributed by atoms with Crippen LogP contribution in [0, 0.1) is 0 Å². The van der Waals surface area contributed by atoms with E-state index in [1.807, 2.05) is 0 Å². The van der Waals surface area contributed by atoms with E-state index in [9.17, 15) is 12.9 Å². The average molecular weight is 165 g/mol. The van der Waals surface area contributed by atoms with Gasteiger partial charge in [-0.05, 0) is 10.3 Å². The van der Waals surface area contributed by atoms with Crippen molar-refractivity contribution in [1.29, 1.82) is 0 Å². The molecule has 0 fully saturated rings. The van der Waals surface area contributed by atoms with Gasteiger partial charge in [0, 0.05) is 0 Å². The summed E-state index contributed by atoms with van der Waals surface area (Å²) in [5.41, 5.74) is 0. The van der Waals surface area contributed by atoms with E-state index in [1.165, 1.54) is 6.07 Å². The van der Waals surface area contributed by atoms with Gasteiger partial charge in [-0.1, -0.05) is 18.5 Å². The average Bonchev–Trinajstić information content (AvgIpc) is 2.12. The van der Waals surface area contributed by atoms with Gasteiger partial charge in [0.2, 0.25) is 0 Å². The number of hydrogen-bond donors (Lipinski definition) is 0. The molecule has 0 aliphatic rings. The summed E-state index contributed by atoms with van der Waals surface area (Å²) in [6.45, 7) is -4.64. The lowest BCUT2D eigenvalue weighted by Gasteiger charge is -2.10. The molecular weight excluding hydrogens is 160 g/mol. The van der Waals surface area contributed by atoms with Crippen LogP contribution < -0.4 is 0 Å². The standard InChI is InChI=1S/C5H5BF3S/c7-6(8,9)4-5-2-1-3-10-5/h1-3H,4H2/q-1. The van der Waals surface area contributed by atoms with Gasteiger partial charge >= 0.3 is 6.98 Å². The molecule has 0 aromatic carbocycles. The van der Waals surface area contributed by atoms with Crippen LogP contribution in [0.5, 0.6) is 0 Å².